The van der Waals surface area contributed by atoms with Crippen molar-refractivity contribution in [3.8, 4) is 5.75 Å². The molecule has 0 bridgehead atoms. The third-order valence-corrected chi connectivity index (χ3v) is 7.37. The van der Waals surface area contributed by atoms with Gasteiger partial charge < -0.3 is 36.8 Å². The van der Waals surface area contributed by atoms with Gasteiger partial charge in [-0.1, -0.05) is 86.6 Å². The molecule has 48 heavy (non-hydrogen) atoms. The Kier molecular flexibility index (Phi) is 14.6. The zero-order valence-corrected chi connectivity index (χ0v) is 27.5. The number of hydrogen-bond donors (Lipinski definition) is 6. The van der Waals surface area contributed by atoms with E-state index in [-0.39, 0.29) is 31.1 Å². The van der Waals surface area contributed by atoms with E-state index < -0.39 is 60.3 Å². The van der Waals surface area contributed by atoms with Crippen molar-refractivity contribution in [2.75, 3.05) is 6.54 Å². The first-order chi connectivity index (χ1) is 22.9. The topological polar surface area (TPSA) is 189 Å². The van der Waals surface area contributed by atoms with Gasteiger partial charge in [-0.25, -0.2) is 4.79 Å². The van der Waals surface area contributed by atoms with E-state index in [4.69, 9.17) is 10.5 Å². The zero-order chi connectivity index (χ0) is 35.1. The molecule has 12 heteroatoms. The first kappa shape index (κ1) is 37.2. The molecule has 256 valence electrons. The molecule has 0 saturated carbocycles. The normalized spacial score (nSPS) is 13.4. The number of ether oxygens (including phenoxy) is 1. The lowest BCUT2D eigenvalue weighted by Crippen LogP contribution is -2.55. The van der Waals surface area contributed by atoms with E-state index >= 15 is 0 Å². The summed E-state index contributed by atoms with van der Waals surface area (Å²) in [6.45, 7) is 4.88. The molecule has 0 radical (unpaired) electrons. The predicted octanol–water partition coefficient (Wildman–Crippen LogP) is 1.88. The van der Waals surface area contributed by atoms with Gasteiger partial charge in [-0.15, -0.1) is 0 Å². The van der Waals surface area contributed by atoms with Gasteiger partial charge in [-0.05, 0) is 54.5 Å². The lowest BCUT2D eigenvalue weighted by atomic mass is 10.0. The molecule has 0 fully saturated rings. The van der Waals surface area contributed by atoms with Crippen LogP contribution in [0.2, 0.25) is 0 Å². The third kappa shape index (κ3) is 12.9. The molecule has 12 nitrogen and oxygen atoms in total. The quantitative estimate of drug-likeness (QED) is 0.119. The van der Waals surface area contributed by atoms with Crippen molar-refractivity contribution in [2.24, 2.45) is 11.7 Å². The van der Waals surface area contributed by atoms with Gasteiger partial charge >= 0.3 is 5.97 Å². The molecule has 0 unspecified atom stereocenters. The summed E-state index contributed by atoms with van der Waals surface area (Å²) in [6.07, 6.45) is 0.644. The first-order valence-corrected chi connectivity index (χ1v) is 15.9. The molecule has 0 aliphatic heterocycles. The Hall–Kier alpha value is -5.23. The fraction of sp³-hybridized carbons (Fsp3) is 0.361. The molecule has 0 saturated heterocycles. The maximum Gasteiger partial charge on any atom is 0.328 e. The largest absolute Gasteiger partial charge is 0.508 e. The number of carbonyl (C=O) groups is 5. The minimum atomic E-state index is -1.07. The van der Waals surface area contributed by atoms with Crippen molar-refractivity contribution in [1.82, 2.24) is 21.3 Å². The summed E-state index contributed by atoms with van der Waals surface area (Å²) in [7, 11) is 0. The monoisotopic (exact) mass is 659 g/mol. The Labute approximate surface area is 280 Å². The number of hydrogen-bond acceptors (Lipinski definition) is 8. The fourth-order valence-corrected chi connectivity index (χ4v) is 4.78. The molecule has 0 spiro atoms. The van der Waals surface area contributed by atoms with Crippen LogP contribution in [0.25, 0.3) is 0 Å². The molecular formula is C36H45N5O7. The molecule has 7 N–H and O–H groups in total. The molecule has 0 aliphatic rings. The standard InChI is InChI=1S/C36H45N5O7/c1-23(2)18-31(36(47)48-22-27-12-8-5-9-13-27)41-35(46)30(20-25-10-6-4-7-11-25)40-32(43)21-38-33(44)24(3)39-34(45)29(37)19-26-14-16-28(42)17-15-26/h4-17,23-24,29-31,42H,18-22,37H2,1-3H3,(H,38,44)(H,39,45)(H,40,43)(H,41,46)/t24-,29-,30-,31-/m0/s1. The highest BCUT2D eigenvalue weighted by Crippen LogP contribution is 2.12. The van der Waals surface area contributed by atoms with Gasteiger partial charge in [0.15, 0.2) is 0 Å². The van der Waals surface area contributed by atoms with Crippen LogP contribution in [-0.4, -0.2) is 65.4 Å². The average Bonchev–Trinajstić information content (AvgIpc) is 3.07. The van der Waals surface area contributed by atoms with Gasteiger partial charge in [0.25, 0.3) is 0 Å². The number of nitrogens with one attached hydrogen (secondary N) is 4. The van der Waals surface area contributed by atoms with Crippen LogP contribution >= 0.6 is 0 Å². The van der Waals surface area contributed by atoms with E-state index in [1.165, 1.54) is 19.1 Å². The first-order valence-electron chi connectivity index (χ1n) is 15.9. The van der Waals surface area contributed by atoms with Crippen molar-refractivity contribution < 1.29 is 33.8 Å². The second-order valence-corrected chi connectivity index (χ2v) is 12.0. The number of nitrogens with two attached hydrogens (primary N) is 1. The molecule has 4 atom stereocenters. The second-order valence-electron chi connectivity index (χ2n) is 12.0. The smallest absolute Gasteiger partial charge is 0.328 e. The van der Waals surface area contributed by atoms with Gasteiger partial charge in [0.2, 0.25) is 23.6 Å². The Balaban J connectivity index is 1.58. The summed E-state index contributed by atoms with van der Waals surface area (Å²) in [4.78, 5) is 64.8. The van der Waals surface area contributed by atoms with Crippen molar-refractivity contribution >= 4 is 29.6 Å². The molecule has 3 aromatic carbocycles. The zero-order valence-electron chi connectivity index (χ0n) is 27.5. The van der Waals surface area contributed by atoms with E-state index in [0.29, 0.717) is 6.42 Å². The number of benzene rings is 3. The van der Waals surface area contributed by atoms with Crippen LogP contribution in [0.1, 0.15) is 43.9 Å². The van der Waals surface area contributed by atoms with E-state index in [9.17, 15) is 29.1 Å². The molecule has 4 amide bonds. The van der Waals surface area contributed by atoms with Gasteiger partial charge in [0.05, 0.1) is 12.6 Å². The highest BCUT2D eigenvalue weighted by molar-refractivity contribution is 5.94. The highest BCUT2D eigenvalue weighted by atomic mass is 16.5. The maximum absolute atomic E-state index is 13.5. The van der Waals surface area contributed by atoms with Crippen LogP contribution in [0, 0.1) is 5.92 Å². The van der Waals surface area contributed by atoms with Crippen LogP contribution < -0.4 is 27.0 Å². The lowest BCUT2D eigenvalue weighted by Gasteiger charge is -2.24. The number of phenolic OH excluding ortho intramolecular Hbond substituents is 1. The number of aromatic hydroxyl groups is 1. The summed E-state index contributed by atoms with van der Waals surface area (Å²) in [5, 5.41) is 19.8. The summed E-state index contributed by atoms with van der Waals surface area (Å²) < 4.78 is 5.50. The van der Waals surface area contributed by atoms with Crippen molar-refractivity contribution in [2.45, 2.75) is 70.8 Å². The molecule has 3 rings (SSSR count). The maximum atomic E-state index is 13.5. The van der Waals surface area contributed by atoms with E-state index in [2.05, 4.69) is 21.3 Å². The van der Waals surface area contributed by atoms with Gasteiger partial charge in [0.1, 0.15) is 30.5 Å². The minimum absolute atomic E-state index is 0.0528. The van der Waals surface area contributed by atoms with Crippen molar-refractivity contribution in [3.63, 3.8) is 0 Å². The Bertz CT molecular complexity index is 1500. The van der Waals surface area contributed by atoms with Crippen LogP contribution in [0.3, 0.4) is 0 Å². The number of rotatable bonds is 17. The molecular weight excluding hydrogens is 614 g/mol. The van der Waals surface area contributed by atoms with Gasteiger partial charge in [0, 0.05) is 6.42 Å². The van der Waals surface area contributed by atoms with E-state index in [1.54, 1.807) is 24.3 Å². The molecule has 0 heterocycles. The molecule has 0 aromatic heterocycles. The highest BCUT2D eigenvalue weighted by Gasteiger charge is 2.29. The second kappa shape index (κ2) is 18.8. The summed E-state index contributed by atoms with van der Waals surface area (Å²) in [5.41, 5.74) is 8.30. The van der Waals surface area contributed by atoms with Crippen LogP contribution in [-0.2, 0) is 48.2 Å². The van der Waals surface area contributed by atoms with Gasteiger partial charge in [-0.3, -0.25) is 19.2 Å². The number of esters is 1. The summed E-state index contributed by atoms with van der Waals surface area (Å²) in [6, 6.07) is 20.6. The van der Waals surface area contributed by atoms with E-state index in [0.717, 1.165) is 16.7 Å². The number of carbonyl (C=O) groups excluding carboxylic acids is 5. The van der Waals surface area contributed by atoms with Crippen molar-refractivity contribution in [3.05, 3.63) is 102 Å². The lowest BCUT2D eigenvalue weighted by molar-refractivity contribution is -0.149. The SMILES string of the molecule is CC(C)C[C@H](NC(=O)[C@H](Cc1ccccc1)NC(=O)CNC(=O)[C@H](C)NC(=O)[C@@H](N)Cc1ccc(O)cc1)C(=O)OCc1ccccc1. The molecule has 0 aliphatic carbocycles. The third-order valence-electron chi connectivity index (χ3n) is 7.37. The molecule has 3 aromatic rings. The van der Waals surface area contributed by atoms with Crippen LogP contribution in [0.4, 0.5) is 0 Å². The predicted molar refractivity (Wildman–Crippen MR) is 180 cm³/mol. The number of phenols is 1. The van der Waals surface area contributed by atoms with Crippen molar-refractivity contribution in [1.29, 1.82) is 0 Å². The van der Waals surface area contributed by atoms with Crippen LogP contribution in [0.15, 0.2) is 84.9 Å². The van der Waals surface area contributed by atoms with Gasteiger partial charge in [-0.2, -0.15) is 0 Å². The number of amides is 4. The Morgan fingerprint density at radius 1 is 0.688 bits per heavy atom. The average molecular weight is 660 g/mol. The Morgan fingerprint density at radius 2 is 1.27 bits per heavy atom. The summed E-state index contributed by atoms with van der Waals surface area (Å²) in [5.74, 6) is -2.85. The minimum Gasteiger partial charge on any atom is -0.508 e. The van der Waals surface area contributed by atoms with Crippen LogP contribution in [0.5, 0.6) is 5.75 Å². The Morgan fingerprint density at radius 3 is 1.88 bits per heavy atom. The summed E-state index contributed by atoms with van der Waals surface area (Å²) >= 11 is 0. The van der Waals surface area contributed by atoms with E-state index in [1.807, 2.05) is 62.4 Å². The fourth-order valence-electron chi connectivity index (χ4n) is 4.78.